The molecule has 0 unspecified atom stereocenters. The summed E-state index contributed by atoms with van der Waals surface area (Å²) in [7, 11) is 0. The summed E-state index contributed by atoms with van der Waals surface area (Å²) in [6.07, 6.45) is 1.63. The van der Waals surface area contributed by atoms with Crippen LogP contribution in [0.25, 0.3) is 0 Å². The van der Waals surface area contributed by atoms with Crippen molar-refractivity contribution in [2.75, 3.05) is 0 Å². The maximum atomic E-state index is 10.3. The van der Waals surface area contributed by atoms with Crippen LogP contribution in [0.5, 0.6) is 0 Å². The van der Waals surface area contributed by atoms with E-state index in [4.69, 9.17) is 0 Å². The Hall–Kier alpha value is -1.40. The summed E-state index contributed by atoms with van der Waals surface area (Å²) in [5.74, 6) is 0. The highest BCUT2D eigenvalue weighted by Crippen LogP contribution is 2.28. The van der Waals surface area contributed by atoms with E-state index in [-0.39, 0.29) is 0 Å². The molecule has 0 N–H and O–H groups in total. The number of aryl methyl sites for hydroxylation is 1. The normalized spacial score (nSPS) is 10.9. The fraction of sp³-hybridized carbons (Fsp3) is 0.417. The van der Waals surface area contributed by atoms with Gasteiger partial charge in [0.15, 0.2) is 0 Å². The molecule has 1 aromatic rings. The Kier molecular flexibility index (Phi) is 2.87. The topological polar surface area (TPSA) is 29.4 Å². The molecule has 1 aromatic carbocycles. The second-order valence-corrected chi connectivity index (χ2v) is 4.01. The second kappa shape index (κ2) is 3.77. The largest absolute Gasteiger partial charge is 0.235 e. The van der Waals surface area contributed by atoms with Gasteiger partial charge >= 0.3 is 0 Å². The van der Waals surface area contributed by atoms with Gasteiger partial charge in [0.25, 0.3) is 0 Å². The van der Waals surface area contributed by atoms with Crippen LogP contribution in [0.2, 0.25) is 0 Å². The van der Waals surface area contributed by atoms with E-state index in [9.17, 15) is 4.79 Å². The van der Waals surface area contributed by atoms with Gasteiger partial charge in [-0.25, -0.2) is 4.79 Å². The van der Waals surface area contributed by atoms with Gasteiger partial charge in [-0.3, -0.25) is 0 Å². The summed E-state index contributed by atoms with van der Waals surface area (Å²) in [5, 5.41) is 0. The van der Waals surface area contributed by atoms with Crippen LogP contribution in [0, 0.1) is 13.8 Å². The van der Waals surface area contributed by atoms with Gasteiger partial charge < -0.3 is 0 Å². The number of isocyanates is 1. The number of hydrogen-bond acceptors (Lipinski definition) is 2. The molecule has 0 bridgehead atoms. The van der Waals surface area contributed by atoms with Crippen molar-refractivity contribution in [1.29, 1.82) is 0 Å². The molecule has 0 aromatic heterocycles. The first-order valence-electron chi connectivity index (χ1n) is 4.65. The summed E-state index contributed by atoms with van der Waals surface area (Å²) < 4.78 is 0. The average Bonchev–Trinajstić information content (AvgIpc) is 2.09. The molecule has 2 heteroatoms. The standard InChI is InChI=1S/C12H15NO/c1-9-6-5-7-11(10(9)2)12(3,4)13-8-14/h5-7H,1-4H3. The van der Waals surface area contributed by atoms with Crippen LogP contribution in [-0.4, -0.2) is 6.08 Å². The van der Waals surface area contributed by atoms with Gasteiger partial charge in [0.05, 0.1) is 5.54 Å². The number of aliphatic imine (C=N–C) groups is 1. The van der Waals surface area contributed by atoms with E-state index in [2.05, 4.69) is 18.0 Å². The van der Waals surface area contributed by atoms with Crippen LogP contribution in [-0.2, 0) is 10.3 Å². The summed E-state index contributed by atoms with van der Waals surface area (Å²) >= 11 is 0. The molecule has 0 saturated carbocycles. The second-order valence-electron chi connectivity index (χ2n) is 4.01. The SMILES string of the molecule is Cc1cccc(C(C)(C)N=C=O)c1C. The third kappa shape index (κ3) is 1.91. The Labute approximate surface area is 84.7 Å². The molecule has 0 heterocycles. The monoisotopic (exact) mass is 189 g/mol. The Morgan fingerprint density at radius 2 is 1.93 bits per heavy atom. The highest BCUT2D eigenvalue weighted by molar-refractivity contribution is 5.42. The minimum absolute atomic E-state index is 0.474. The predicted molar refractivity (Wildman–Crippen MR) is 57.1 cm³/mol. The molecule has 0 atom stereocenters. The molecule has 0 spiro atoms. The minimum atomic E-state index is -0.474. The first-order chi connectivity index (χ1) is 6.49. The third-order valence-corrected chi connectivity index (χ3v) is 2.59. The number of rotatable bonds is 2. The van der Waals surface area contributed by atoms with Crippen LogP contribution in [0.3, 0.4) is 0 Å². The molecule has 1 rings (SSSR count). The van der Waals surface area contributed by atoms with E-state index in [1.807, 2.05) is 32.9 Å². The van der Waals surface area contributed by atoms with Crippen molar-refractivity contribution < 1.29 is 4.79 Å². The molecule has 0 saturated heterocycles. The fourth-order valence-corrected chi connectivity index (χ4v) is 1.59. The molecule has 0 aliphatic heterocycles. The molecule has 0 radical (unpaired) electrons. The lowest BCUT2D eigenvalue weighted by atomic mass is 9.89. The Morgan fingerprint density at radius 1 is 1.29 bits per heavy atom. The third-order valence-electron chi connectivity index (χ3n) is 2.59. The van der Waals surface area contributed by atoms with Crippen LogP contribution >= 0.6 is 0 Å². The maximum Gasteiger partial charge on any atom is 0.235 e. The minimum Gasteiger partial charge on any atom is -0.211 e. The quantitative estimate of drug-likeness (QED) is 0.519. The van der Waals surface area contributed by atoms with Crippen LogP contribution in [0.15, 0.2) is 23.2 Å². The van der Waals surface area contributed by atoms with Gasteiger partial charge in [-0.05, 0) is 44.4 Å². The molecule has 14 heavy (non-hydrogen) atoms. The summed E-state index contributed by atoms with van der Waals surface area (Å²) in [6, 6.07) is 6.04. The van der Waals surface area contributed by atoms with Crippen molar-refractivity contribution in [3.8, 4) is 0 Å². The van der Waals surface area contributed by atoms with Gasteiger partial charge in [-0.2, -0.15) is 4.99 Å². The smallest absolute Gasteiger partial charge is 0.211 e. The molecule has 74 valence electrons. The zero-order valence-corrected chi connectivity index (χ0v) is 9.09. The van der Waals surface area contributed by atoms with Crippen LogP contribution in [0.1, 0.15) is 30.5 Å². The van der Waals surface area contributed by atoms with Crippen LogP contribution < -0.4 is 0 Å². The van der Waals surface area contributed by atoms with Crippen molar-refractivity contribution in [3.05, 3.63) is 34.9 Å². The maximum absolute atomic E-state index is 10.3. The lowest BCUT2D eigenvalue weighted by Crippen LogP contribution is -2.15. The molecule has 0 fully saturated rings. The lowest BCUT2D eigenvalue weighted by molar-refractivity contribution is 0.521. The van der Waals surface area contributed by atoms with Gasteiger partial charge in [-0.15, -0.1) is 0 Å². The first kappa shape index (κ1) is 10.7. The first-order valence-corrected chi connectivity index (χ1v) is 4.65. The van der Waals surface area contributed by atoms with E-state index >= 15 is 0 Å². The van der Waals surface area contributed by atoms with Gasteiger partial charge in [0.2, 0.25) is 6.08 Å². The number of carbonyl (C=O) groups excluding carboxylic acids is 1. The van der Waals surface area contributed by atoms with Crippen molar-refractivity contribution >= 4 is 6.08 Å². The van der Waals surface area contributed by atoms with Crippen molar-refractivity contribution in [1.82, 2.24) is 0 Å². The van der Waals surface area contributed by atoms with Crippen molar-refractivity contribution in [3.63, 3.8) is 0 Å². The van der Waals surface area contributed by atoms with E-state index in [0.29, 0.717) is 0 Å². The Morgan fingerprint density at radius 3 is 2.50 bits per heavy atom. The van der Waals surface area contributed by atoms with Gasteiger partial charge in [0.1, 0.15) is 0 Å². The zero-order valence-electron chi connectivity index (χ0n) is 9.09. The van der Waals surface area contributed by atoms with Crippen LogP contribution in [0.4, 0.5) is 0 Å². The molecule has 2 nitrogen and oxygen atoms in total. The molecule has 0 aliphatic carbocycles. The summed E-state index contributed by atoms with van der Waals surface area (Å²) in [6.45, 7) is 7.94. The average molecular weight is 189 g/mol. The zero-order chi connectivity index (χ0) is 10.8. The molecule has 0 aliphatic rings. The van der Waals surface area contributed by atoms with E-state index in [1.165, 1.54) is 11.1 Å². The summed E-state index contributed by atoms with van der Waals surface area (Å²) in [4.78, 5) is 14.1. The van der Waals surface area contributed by atoms with Crippen molar-refractivity contribution in [2.45, 2.75) is 33.2 Å². The predicted octanol–water partition coefficient (Wildman–Crippen LogP) is 2.87. The van der Waals surface area contributed by atoms with E-state index in [1.54, 1.807) is 6.08 Å². The van der Waals surface area contributed by atoms with E-state index < -0.39 is 5.54 Å². The Balaban J connectivity index is 3.32. The van der Waals surface area contributed by atoms with E-state index in [0.717, 1.165) is 5.56 Å². The Bertz CT molecular complexity index is 387. The van der Waals surface area contributed by atoms with Crippen molar-refractivity contribution in [2.24, 2.45) is 4.99 Å². The lowest BCUT2D eigenvalue weighted by Gasteiger charge is -2.21. The summed E-state index contributed by atoms with van der Waals surface area (Å²) in [5.41, 5.74) is 3.02. The number of hydrogen-bond donors (Lipinski definition) is 0. The van der Waals surface area contributed by atoms with Gasteiger partial charge in [0, 0.05) is 0 Å². The number of nitrogens with zero attached hydrogens (tertiary/aromatic N) is 1. The van der Waals surface area contributed by atoms with Gasteiger partial charge in [-0.1, -0.05) is 18.2 Å². The fourth-order valence-electron chi connectivity index (χ4n) is 1.59. The molecular formula is C12H15NO. The highest BCUT2D eigenvalue weighted by Gasteiger charge is 2.21. The molecule has 0 amide bonds. The number of benzene rings is 1. The molecular weight excluding hydrogens is 174 g/mol. The highest BCUT2D eigenvalue weighted by atomic mass is 16.1.